The quantitative estimate of drug-likeness (QED) is 0.541. The molecule has 0 aliphatic rings. The zero-order chi connectivity index (χ0) is 17.2. The van der Waals surface area contributed by atoms with Crippen LogP contribution < -0.4 is 10.1 Å². The van der Waals surface area contributed by atoms with Crippen molar-refractivity contribution in [2.45, 2.75) is 0 Å². The number of halogens is 1. The van der Waals surface area contributed by atoms with Gasteiger partial charge in [0.15, 0.2) is 5.82 Å². The third kappa shape index (κ3) is 3.14. The Labute approximate surface area is 149 Å². The van der Waals surface area contributed by atoms with Gasteiger partial charge in [0, 0.05) is 11.5 Å². The molecule has 2 aromatic heterocycles. The number of H-pyrrole nitrogens is 1. The number of nitrogens with zero attached hydrogens (tertiary/aromatic N) is 2. The Morgan fingerprint density at radius 3 is 2.64 bits per heavy atom. The maximum absolute atomic E-state index is 6.22. The van der Waals surface area contributed by atoms with Crippen molar-refractivity contribution in [1.29, 1.82) is 0 Å². The van der Waals surface area contributed by atoms with Crippen molar-refractivity contribution in [3.63, 3.8) is 0 Å². The minimum absolute atomic E-state index is 0.627. The molecule has 0 spiro atoms. The average molecular weight is 351 g/mol. The van der Waals surface area contributed by atoms with Gasteiger partial charge in [-0.15, -0.1) is 0 Å². The molecule has 0 saturated heterocycles. The summed E-state index contributed by atoms with van der Waals surface area (Å²) in [6, 6.07) is 19.3. The molecule has 0 amide bonds. The van der Waals surface area contributed by atoms with Crippen molar-refractivity contribution in [1.82, 2.24) is 15.2 Å². The number of hydrogen-bond donors (Lipinski definition) is 2. The Morgan fingerprint density at radius 1 is 1.00 bits per heavy atom. The van der Waals surface area contributed by atoms with E-state index >= 15 is 0 Å². The molecular formula is C19H15ClN4O. The van der Waals surface area contributed by atoms with E-state index in [0.29, 0.717) is 16.7 Å². The number of para-hydroxylation sites is 1. The molecule has 2 heterocycles. The van der Waals surface area contributed by atoms with Crippen LogP contribution in [0.5, 0.6) is 5.75 Å². The topological polar surface area (TPSA) is 62.8 Å². The third-order valence-corrected chi connectivity index (χ3v) is 4.21. The largest absolute Gasteiger partial charge is 0.497 e. The van der Waals surface area contributed by atoms with Crippen LogP contribution in [-0.2, 0) is 0 Å². The standard InChI is InChI=1S/C19H15ClN4O/c1-25-14-8-5-12(6-9-14)16-11-18(24-23-16)21-17-10-7-13-3-2-4-15(20)19(13)22-17/h2-11H,1H3,(H2,21,22,23,24). The summed E-state index contributed by atoms with van der Waals surface area (Å²) < 4.78 is 5.18. The molecule has 0 aliphatic heterocycles. The minimum Gasteiger partial charge on any atom is -0.497 e. The fourth-order valence-corrected chi connectivity index (χ4v) is 2.84. The second-order valence-corrected chi connectivity index (χ2v) is 5.94. The fourth-order valence-electron chi connectivity index (χ4n) is 2.62. The van der Waals surface area contributed by atoms with Gasteiger partial charge in [-0.3, -0.25) is 5.10 Å². The van der Waals surface area contributed by atoms with Gasteiger partial charge in [0.25, 0.3) is 0 Å². The van der Waals surface area contributed by atoms with Crippen LogP contribution in [0.2, 0.25) is 5.02 Å². The number of nitrogens with one attached hydrogen (secondary N) is 2. The van der Waals surface area contributed by atoms with E-state index in [1.165, 1.54) is 0 Å². The van der Waals surface area contributed by atoms with Crippen molar-refractivity contribution >= 4 is 34.1 Å². The average Bonchev–Trinajstić information content (AvgIpc) is 3.11. The predicted molar refractivity (Wildman–Crippen MR) is 101 cm³/mol. The van der Waals surface area contributed by atoms with Crippen LogP contribution in [0.4, 0.5) is 11.6 Å². The number of benzene rings is 2. The molecule has 0 radical (unpaired) electrons. The van der Waals surface area contributed by atoms with Crippen LogP contribution in [-0.4, -0.2) is 22.3 Å². The number of ether oxygens (including phenoxy) is 1. The molecule has 6 heteroatoms. The first kappa shape index (κ1) is 15.5. The zero-order valence-electron chi connectivity index (χ0n) is 13.5. The van der Waals surface area contributed by atoms with Gasteiger partial charge in [-0.2, -0.15) is 5.10 Å². The van der Waals surface area contributed by atoms with Gasteiger partial charge >= 0.3 is 0 Å². The van der Waals surface area contributed by atoms with E-state index in [1.807, 2.05) is 60.7 Å². The molecule has 2 N–H and O–H groups in total. The molecule has 0 fully saturated rings. The van der Waals surface area contributed by atoms with E-state index in [-0.39, 0.29) is 0 Å². The first-order valence-corrected chi connectivity index (χ1v) is 8.13. The highest BCUT2D eigenvalue weighted by atomic mass is 35.5. The molecule has 0 saturated carbocycles. The molecule has 5 nitrogen and oxygen atoms in total. The van der Waals surface area contributed by atoms with Gasteiger partial charge < -0.3 is 10.1 Å². The van der Waals surface area contributed by atoms with E-state index in [4.69, 9.17) is 16.3 Å². The number of aromatic nitrogens is 3. The maximum atomic E-state index is 6.22. The van der Waals surface area contributed by atoms with Crippen LogP contribution in [0, 0.1) is 0 Å². The number of fused-ring (bicyclic) bond motifs is 1. The molecule has 0 bridgehead atoms. The first-order chi connectivity index (χ1) is 12.2. The SMILES string of the molecule is COc1ccc(-c2cc(Nc3ccc4cccc(Cl)c4n3)n[nH]2)cc1. The Bertz CT molecular complexity index is 1030. The lowest BCUT2D eigenvalue weighted by molar-refractivity contribution is 0.415. The third-order valence-electron chi connectivity index (χ3n) is 3.91. The van der Waals surface area contributed by atoms with Gasteiger partial charge in [0.2, 0.25) is 0 Å². The van der Waals surface area contributed by atoms with Crippen molar-refractivity contribution in [3.05, 3.63) is 65.7 Å². The van der Waals surface area contributed by atoms with Gasteiger partial charge in [-0.05, 0) is 48.0 Å². The fraction of sp³-hybridized carbons (Fsp3) is 0.0526. The second-order valence-electron chi connectivity index (χ2n) is 5.53. The van der Waals surface area contributed by atoms with E-state index in [2.05, 4.69) is 20.5 Å². The van der Waals surface area contributed by atoms with Gasteiger partial charge in [0.1, 0.15) is 11.6 Å². The molecule has 4 aromatic rings. The molecule has 4 rings (SSSR count). The summed E-state index contributed by atoms with van der Waals surface area (Å²) >= 11 is 6.22. The molecule has 124 valence electrons. The Hall–Kier alpha value is -3.05. The number of aromatic amines is 1. The Kier molecular flexibility index (Phi) is 3.99. The van der Waals surface area contributed by atoms with E-state index < -0.39 is 0 Å². The van der Waals surface area contributed by atoms with E-state index in [0.717, 1.165) is 27.9 Å². The summed E-state index contributed by atoms with van der Waals surface area (Å²) in [7, 11) is 1.65. The van der Waals surface area contributed by atoms with E-state index in [9.17, 15) is 0 Å². The highest BCUT2D eigenvalue weighted by molar-refractivity contribution is 6.35. The Morgan fingerprint density at radius 2 is 1.84 bits per heavy atom. The first-order valence-electron chi connectivity index (χ1n) is 7.75. The maximum Gasteiger partial charge on any atom is 0.153 e. The zero-order valence-corrected chi connectivity index (χ0v) is 14.2. The summed E-state index contributed by atoms with van der Waals surface area (Å²) in [5, 5.41) is 12.1. The van der Waals surface area contributed by atoms with Crippen LogP contribution in [0.1, 0.15) is 0 Å². The summed E-state index contributed by atoms with van der Waals surface area (Å²) in [6.07, 6.45) is 0. The number of hydrogen-bond acceptors (Lipinski definition) is 4. The van der Waals surface area contributed by atoms with Gasteiger partial charge in [0.05, 0.1) is 23.3 Å². The smallest absolute Gasteiger partial charge is 0.153 e. The second kappa shape index (κ2) is 6.45. The minimum atomic E-state index is 0.627. The van der Waals surface area contributed by atoms with Crippen molar-refractivity contribution in [2.75, 3.05) is 12.4 Å². The number of methoxy groups -OCH3 is 1. The summed E-state index contributed by atoms with van der Waals surface area (Å²) in [6.45, 7) is 0. The van der Waals surface area contributed by atoms with Crippen LogP contribution in [0.3, 0.4) is 0 Å². The monoisotopic (exact) mass is 350 g/mol. The van der Waals surface area contributed by atoms with Crippen LogP contribution in [0.15, 0.2) is 60.7 Å². The van der Waals surface area contributed by atoms with Crippen molar-refractivity contribution in [2.24, 2.45) is 0 Å². The lowest BCUT2D eigenvalue weighted by atomic mass is 10.1. The molecule has 0 atom stereocenters. The lowest BCUT2D eigenvalue weighted by Gasteiger charge is -2.04. The number of anilines is 2. The summed E-state index contributed by atoms with van der Waals surface area (Å²) in [4.78, 5) is 4.56. The molecule has 25 heavy (non-hydrogen) atoms. The summed E-state index contributed by atoms with van der Waals surface area (Å²) in [5.74, 6) is 2.19. The number of rotatable bonds is 4. The highest BCUT2D eigenvalue weighted by Gasteiger charge is 2.07. The van der Waals surface area contributed by atoms with Gasteiger partial charge in [-0.25, -0.2) is 4.98 Å². The predicted octanol–water partition coefficient (Wildman–Crippen LogP) is 5.03. The van der Waals surface area contributed by atoms with Gasteiger partial charge in [-0.1, -0.05) is 23.7 Å². The van der Waals surface area contributed by atoms with Crippen molar-refractivity contribution < 1.29 is 4.74 Å². The van der Waals surface area contributed by atoms with Crippen LogP contribution in [0.25, 0.3) is 22.2 Å². The van der Waals surface area contributed by atoms with E-state index in [1.54, 1.807) is 7.11 Å². The highest BCUT2D eigenvalue weighted by Crippen LogP contribution is 2.26. The van der Waals surface area contributed by atoms with Crippen LogP contribution >= 0.6 is 11.6 Å². The molecular weight excluding hydrogens is 336 g/mol. The lowest BCUT2D eigenvalue weighted by Crippen LogP contribution is -1.94. The summed E-state index contributed by atoms with van der Waals surface area (Å²) in [5.41, 5.74) is 2.69. The Balaban J connectivity index is 1.59. The molecule has 0 unspecified atom stereocenters. The van der Waals surface area contributed by atoms with Crippen molar-refractivity contribution in [3.8, 4) is 17.0 Å². The normalized spacial score (nSPS) is 10.8. The molecule has 0 aliphatic carbocycles. The number of pyridine rings is 1. The molecule has 2 aromatic carbocycles.